The molecule has 0 aromatic heterocycles. The molecule has 0 radical (unpaired) electrons. The van der Waals surface area contributed by atoms with Gasteiger partial charge in [-0.25, -0.2) is 4.79 Å². The van der Waals surface area contributed by atoms with Gasteiger partial charge in [-0.05, 0) is 44.4 Å². The molecule has 6 atom stereocenters. The van der Waals surface area contributed by atoms with E-state index in [0.29, 0.717) is 18.1 Å². The minimum absolute atomic E-state index is 0.0734. The molecule has 0 aliphatic heterocycles. The monoisotopic (exact) mass is 316 g/mol. The molecule has 2 bridgehead atoms. The predicted octanol–water partition coefficient (Wildman–Crippen LogP) is 0.942. The maximum atomic E-state index is 12.0. The molecule has 0 heterocycles. The predicted molar refractivity (Wildman–Crippen MR) is 80.4 cm³/mol. The van der Waals surface area contributed by atoms with Gasteiger partial charge in [0, 0.05) is 34.9 Å². The van der Waals surface area contributed by atoms with E-state index in [1.54, 1.807) is 6.26 Å². The van der Waals surface area contributed by atoms with Gasteiger partial charge in [0.25, 0.3) is 0 Å². The van der Waals surface area contributed by atoms with Crippen LogP contribution >= 0.6 is 0 Å². The summed E-state index contributed by atoms with van der Waals surface area (Å²) in [6.45, 7) is 1.86. The average molecular weight is 316 g/mol. The van der Waals surface area contributed by atoms with Gasteiger partial charge in [-0.15, -0.1) is 0 Å². The van der Waals surface area contributed by atoms with Gasteiger partial charge < -0.3 is 15.7 Å². The molecular weight excluding hydrogens is 292 g/mol. The quantitative estimate of drug-likeness (QED) is 0.679. The van der Waals surface area contributed by atoms with Crippen LogP contribution in [0.25, 0.3) is 0 Å². The number of nitrogens with one attached hydrogen (secondary N) is 2. The van der Waals surface area contributed by atoms with Crippen LogP contribution in [0, 0.1) is 17.8 Å². The third kappa shape index (κ3) is 3.96. The number of carbonyl (C=O) groups is 2. The smallest absolute Gasteiger partial charge is 0.315 e. The summed E-state index contributed by atoms with van der Waals surface area (Å²) < 4.78 is 11.0. The highest BCUT2D eigenvalue weighted by Gasteiger charge is 2.51. The molecule has 120 valence electrons. The van der Waals surface area contributed by atoms with Crippen LogP contribution in [0.5, 0.6) is 0 Å². The number of amides is 2. The van der Waals surface area contributed by atoms with Crippen LogP contribution in [0.2, 0.25) is 0 Å². The zero-order valence-electron chi connectivity index (χ0n) is 12.5. The average Bonchev–Trinajstić information content (AvgIpc) is 2.96. The Bertz CT molecular complexity index is 443. The number of fused-ring (bicyclic) bond motifs is 2. The number of hydrogen-bond donors (Lipinski definition) is 3. The molecule has 6 unspecified atom stereocenters. The van der Waals surface area contributed by atoms with E-state index < -0.39 is 22.7 Å². The molecule has 0 aromatic rings. The standard InChI is InChI=1S/C14H24N2O4S/c1-8(5-6-21(2)20)15-14(19)16-12-10-4-3-9(7-10)11(12)13(17)18/h8-12H,3-7H2,1-2H3,(H,17,18)(H2,15,16,19). The zero-order valence-corrected chi connectivity index (χ0v) is 13.3. The Kier molecular flexibility index (Phi) is 5.24. The van der Waals surface area contributed by atoms with Gasteiger partial charge in [-0.2, -0.15) is 0 Å². The highest BCUT2D eigenvalue weighted by molar-refractivity contribution is 7.84. The maximum Gasteiger partial charge on any atom is 0.315 e. The summed E-state index contributed by atoms with van der Waals surface area (Å²) in [6.07, 6.45) is 5.16. The largest absolute Gasteiger partial charge is 0.481 e. The molecular formula is C14H24N2O4S. The Hall–Kier alpha value is -1.11. The lowest BCUT2D eigenvalue weighted by molar-refractivity contribution is -0.144. The molecule has 3 N–H and O–H groups in total. The lowest BCUT2D eigenvalue weighted by Crippen LogP contribution is -2.51. The number of aliphatic carboxylic acids is 1. The second-order valence-electron chi connectivity index (χ2n) is 6.31. The fourth-order valence-corrected chi connectivity index (χ4v) is 4.37. The van der Waals surface area contributed by atoms with Gasteiger partial charge in [0.1, 0.15) is 0 Å². The minimum Gasteiger partial charge on any atom is -0.481 e. The first-order valence-corrected chi connectivity index (χ1v) is 9.21. The summed E-state index contributed by atoms with van der Waals surface area (Å²) in [4.78, 5) is 23.4. The first-order chi connectivity index (χ1) is 9.88. The van der Waals surface area contributed by atoms with Crippen molar-refractivity contribution < 1.29 is 18.9 Å². The Labute approximate surface area is 127 Å². The SMILES string of the molecule is CC(CCS(C)=O)NC(=O)NC1C2CCC(C2)C1C(=O)O. The summed E-state index contributed by atoms with van der Waals surface area (Å²) in [5.74, 6) is -0.208. The van der Waals surface area contributed by atoms with Crippen LogP contribution in [0.3, 0.4) is 0 Å². The van der Waals surface area contributed by atoms with Crippen molar-refractivity contribution >= 4 is 22.8 Å². The number of rotatable bonds is 6. The van der Waals surface area contributed by atoms with Crippen LogP contribution < -0.4 is 10.6 Å². The van der Waals surface area contributed by atoms with E-state index in [2.05, 4.69) is 10.6 Å². The zero-order chi connectivity index (χ0) is 15.6. The van der Waals surface area contributed by atoms with E-state index in [1.165, 1.54) is 0 Å². The van der Waals surface area contributed by atoms with Gasteiger partial charge in [0.2, 0.25) is 0 Å². The molecule has 2 fully saturated rings. The Morgan fingerprint density at radius 1 is 1.33 bits per heavy atom. The number of carbonyl (C=O) groups excluding carboxylic acids is 1. The van der Waals surface area contributed by atoms with E-state index >= 15 is 0 Å². The number of carboxylic acid groups (broad SMARTS) is 1. The van der Waals surface area contributed by atoms with Crippen molar-refractivity contribution in [1.29, 1.82) is 0 Å². The van der Waals surface area contributed by atoms with E-state index in [0.717, 1.165) is 19.3 Å². The van der Waals surface area contributed by atoms with Crippen LogP contribution in [0.15, 0.2) is 0 Å². The summed E-state index contributed by atoms with van der Waals surface area (Å²) in [5, 5.41) is 15.0. The number of carboxylic acids is 1. The van der Waals surface area contributed by atoms with E-state index in [1.807, 2.05) is 6.92 Å². The number of hydrogen-bond acceptors (Lipinski definition) is 3. The molecule has 21 heavy (non-hydrogen) atoms. The lowest BCUT2D eigenvalue weighted by atomic mass is 9.84. The van der Waals surface area contributed by atoms with Crippen LogP contribution in [-0.2, 0) is 15.6 Å². The molecule has 0 aromatic carbocycles. The summed E-state index contributed by atoms with van der Waals surface area (Å²) in [7, 11) is -0.868. The van der Waals surface area contributed by atoms with E-state index in [9.17, 15) is 18.9 Å². The van der Waals surface area contributed by atoms with E-state index in [4.69, 9.17) is 0 Å². The third-order valence-corrected chi connectivity index (χ3v) is 5.53. The molecule has 2 aliphatic rings. The van der Waals surface area contributed by atoms with Gasteiger partial charge >= 0.3 is 12.0 Å². The second-order valence-corrected chi connectivity index (χ2v) is 7.86. The van der Waals surface area contributed by atoms with Crippen LogP contribution in [0.4, 0.5) is 4.79 Å². The van der Waals surface area contributed by atoms with Gasteiger partial charge in [-0.1, -0.05) is 0 Å². The minimum atomic E-state index is -0.868. The molecule has 2 saturated carbocycles. The highest BCUT2D eigenvalue weighted by atomic mass is 32.2. The number of urea groups is 1. The Morgan fingerprint density at radius 2 is 2.00 bits per heavy atom. The Balaban J connectivity index is 1.84. The first kappa shape index (κ1) is 16.3. The van der Waals surface area contributed by atoms with Crippen molar-refractivity contribution in [3.05, 3.63) is 0 Å². The lowest BCUT2D eigenvalue weighted by Gasteiger charge is -2.29. The summed E-state index contributed by atoms with van der Waals surface area (Å²) in [6, 6.07) is -0.641. The van der Waals surface area contributed by atoms with Crippen molar-refractivity contribution in [3.8, 4) is 0 Å². The van der Waals surface area contributed by atoms with Gasteiger partial charge in [0.05, 0.1) is 5.92 Å². The van der Waals surface area contributed by atoms with Crippen molar-refractivity contribution in [2.45, 2.75) is 44.7 Å². The molecule has 0 spiro atoms. The maximum absolute atomic E-state index is 12.0. The summed E-state index contributed by atoms with van der Waals surface area (Å²) in [5.41, 5.74) is 0. The van der Waals surface area contributed by atoms with E-state index in [-0.39, 0.29) is 24.0 Å². The second kappa shape index (κ2) is 6.77. The summed E-state index contributed by atoms with van der Waals surface area (Å²) >= 11 is 0. The molecule has 2 rings (SSSR count). The van der Waals surface area contributed by atoms with Crippen LogP contribution in [-0.4, -0.2) is 45.4 Å². The molecule has 0 saturated heterocycles. The molecule has 6 nitrogen and oxygen atoms in total. The molecule has 2 aliphatic carbocycles. The highest BCUT2D eigenvalue weighted by Crippen LogP contribution is 2.48. The topological polar surface area (TPSA) is 95.5 Å². The van der Waals surface area contributed by atoms with Gasteiger partial charge in [0.15, 0.2) is 0 Å². The third-order valence-electron chi connectivity index (χ3n) is 4.72. The fraction of sp³-hybridized carbons (Fsp3) is 0.857. The normalized spacial score (nSPS) is 33.4. The Morgan fingerprint density at radius 3 is 2.62 bits per heavy atom. The van der Waals surface area contributed by atoms with Crippen LogP contribution in [0.1, 0.15) is 32.6 Å². The van der Waals surface area contributed by atoms with Crippen molar-refractivity contribution in [2.24, 2.45) is 17.8 Å². The van der Waals surface area contributed by atoms with Crippen molar-refractivity contribution in [1.82, 2.24) is 10.6 Å². The van der Waals surface area contributed by atoms with Gasteiger partial charge in [-0.3, -0.25) is 9.00 Å². The fourth-order valence-electron chi connectivity index (χ4n) is 3.69. The molecule has 2 amide bonds. The first-order valence-electron chi connectivity index (χ1n) is 7.48. The molecule has 7 heteroatoms. The van der Waals surface area contributed by atoms with Crippen molar-refractivity contribution in [3.63, 3.8) is 0 Å². The van der Waals surface area contributed by atoms with Crippen molar-refractivity contribution in [2.75, 3.05) is 12.0 Å².